The van der Waals surface area contributed by atoms with Crippen LogP contribution in [0.2, 0.25) is 0 Å². The predicted octanol–water partition coefficient (Wildman–Crippen LogP) is 3.30. The molecule has 1 aromatic heterocycles. The second kappa shape index (κ2) is 5.56. The molecule has 0 aliphatic carbocycles. The van der Waals surface area contributed by atoms with Gasteiger partial charge in [-0.3, -0.25) is 4.79 Å². The van der Waals surface area contributed by atoms with E-state index in [0.29, 0.717) is 6.04 Å². The molecule has 1 rings (SSSR count). The van der Waals surface area contributed by atoms with Gasteiger partial charge in [-0.05, 0) is 19.4 Å². The first-order valence-electron chi connectivity index (χ1n) is 5.11. The summed E-state index contributed by atoms with van der Waals surface area (Å²) >= 11 is 5.65. The summed E-state index contributed by atoms with van der Waals surface area (Å²) in [7, 11) is 1.86. The molecule has 15 heavy (non-hydrogen) atoms. The fourth-order valence-corrected chi connectivity index (χ4v) is 2.55. The average molecular weight is 243 g/mol. The Balaban J connectivity index is 2.68. The number of nitrogens with zero attached hydrogens (tertiary/aromatic N) is 1. The number of thiophene rings is 1. The van der Waals surface area contributed by atoms with Crippen LogP contribution < -0.4 is 0 Å². The summed E-state index contributed by atoms with van der Waals surface area (Å²) in [5.74, 6) is 0.0984. The summed E-state index contributed by atoms with van der Waals surface area (Å²) in [4.78, 5) is 15.4. The summed E-state index contributed by atoms with van der Waals surface area (Å²) in [5, 5.41) is 1.88. The highest BCUT2D eigenvalue weighted by atomic mass is 32.1. The van der Waals surface area contributed by atoms with Gasteiger partial charge in [-0.1, -0.05) is 13.3 Å². The maximum Gasteiger partial charge on any atom is 0.263 e. The minimum absolute atomic E-state index is 0.0984. The zero-order valence-corrected chi connectivity index (χ0v) is 11.1. The second-order valence-electron chi connectivity index (χ2n) is 3.72. The molecule has 2 nitrogen and oxygen atoms in total. The largest absolute Gasteiger partial charge is 0.338 e. The number of amides is 1. The van der Waals surface area contributed by atoms with Crippen LogP contribution in [0.5, 0.6) is 0 Å². The molecule has 0 N–H and O–H groups in total. The third kappa shape index (κ3) is 3.24. The van der Waals surface area contributed by atoms with Gasteiger partial charge in [-0.2, -0.15) is 0 Å². The number of carbonyl (C=O) groups is 1. The lowest BCUT2D eigenvalue weighted by atomic mass is 10.1. The van der Waals surface area contributed by atoms with Gasteiger partial charge in [0.2, 0.25) is 0 Å². The van der Waals surface area contributed by atoms with Gasteiger partial charge in [0.15, 0.2) is 0 Å². The molecule has 0 saturated heterocycles. The minimum atomic E-state index is 0.0984. The zero-order chi connectivity index (χ0) is 11.4. The molecule has 0 saturated carbocycles. The van der Waals surface area contributed by atoms with E-state index < -0.39 is 0 Å². The van der Waals surface area contributed by atoms with Gasteiger partial charge >= 0.3 is 0 Å². The molecule has 1 unspecified atom stereocenters. The van der Waals surface area contributed by atoms with E-state index in [1.54, 1.807) is 0 Å². The molecule has 0 fully saturated rings. The standard InChI is InChI=1S/C11H17NOS2/c1-4-5-8(2)12(3)11(13)10-6-9(14)7-15-10/h6-8,14H,4-5H2,1-3H3. The quantitative estimate of drug-likeness (QED) is 0.805. The molecule has 0 radical (unpaired) electrons. The van der Waals surface area contributed by atoms with Crippen molar-refractivity contribution in [2.75, 3.05) is 7.05 Å². The minimum Gasteiger partial charge on any atom is -0.338 e. The van der Waals surface area contributed by atoms with Gasteiger partial charge in [0.1, 0.15) is 0 Å². The van der Waals surface area contributed by atoms with E-state index in [1.165, 1.54) is 11.3 Å². The Morgan fingerprint density at radius 1 is 1.67 bits per heavy atom. The maximum absolute atomic E-state index is 12.0. The van der Waals surface area contributed by atoms with Gasteiger partial charge in [-0.25, -0.2) is 0 Å². The number of hydrogen-bond acceptors (Lipinski definition) is 3. The van der Waals surface area contributed by atoms with Crippen LogP contribution in [-0.2, 0) is 0 Å². The SMILES string of the molecule is CCCC(C)N(C)C(=O)c1cc(S)cs1. The van der Waals surface area contributed by atoms with E-state index in [1.807, 2.05) is 23.4 Å². The summed E-state index contributed by atoms with van der Waals surface area (Å²) in [6.45, 7) is 4.21. The van der Waals surface area contributed by atoms with E-state index in [0.717, 1.165) is 22.6 Å². The number of rotatable bonds is 4. The second-order valence-corrected chi connectivity index (χ2v) is 5.15. The van der Waals surface area contributed by atoms with Crippen molar-refractivity contribution in [3.63, 3.8) is 0 Å². The lowest BCUT2D eigenvalue weighted by Crippen LogP contribution is -2.34. The van der Waals surface area contributed by atoms with Crippen LogP contribution in [-0.4, -0.2) is 23.9 Å². The van der Waals surface area contributed by atoms with E-state index in [2.05, 4.69) is 26.5 Å². The highest BCUT2D eigenvalue weighted by Crippen LogP contribution is 2.20. The first-order valence-corrected chi connectivity index (χ1v) is 6.43. The molecule has 0 aliphatic rings. The first kappa shape index (κ1) is 12.6. The van der Waals surface area contributed by atoms with Crippen LogP contribution in [0.25, 0.3) is 0 Å². The first-order chi connectivity index (χ1) is 7.06. The van der Waals surface area contributed by atoms with Gasteiger partial charge in [0.05, 0.1) is 4.88 Å². The van der Waals surface area contributed by atoms with Crippen molar-refractivity contribution < 1.29 is 4.79 Å². The molecule has 0 aliphatic heterocycles. The van der Waals surface area contributed by atoms with Gasteiger partial charge < -0.3 is 4.90 Å². The van der Waals surface area contributed by atoms with Crippen LogP contribution in [0.3, 0.4) is 0 Å². The van der Waals surface area contributed by atoms with Crippen molar-refractivity contribution in [3.05, 3.63) is 16.3 Å². The zero-order valence-electron chi connectivity index (χ0n) is 9.36. The maximum atomic E-state index is 12.0. The number of thiol groups is 1. The number of hydrogen-bond donors (Lipinski definition) is 1. The fraction of sp³-hybridized carbons (Fsp3) is 0.545. The van der Waals surface area contributed by atoms with Crippen LogP contribution in [0.4, 0.5) is 0 Å². The van der Waals surface area contributed by atoms with E-state index in [9.17, 15) is 4.79 Å². The molecular weight excluding hydrogens is 226 g/mol. The summed E-state index contributed by atoms with van der Waals surface area (Å²) < 4.78 is 0. The Hall–Kier alpha value is -0.480. The van der Waals surface area contributed by atoms with E-state index in [-0.39, 0.29) is 5.91 Å². The van der Waals surface area contributed by atoms with Gasteiger partial charge in [0, 0.05) is 23.4 Å². The number of carbonyl (C=O) groups excluding carboxylic acids is 1. The molecule has 1 heterocycles. The molecule has 1 aromatic rings. The third-order valence-electron chi connectivity index (χ3n) is 2.48. The summed E-state index contributed by atoms with van der Waals surface area (Å²) in [6, 6.07) is 2.12. The average Bonchev–Trinajstić information content (AvgIpc) is 2.63. The highest BCUT2D eigenvalue weighted by Gasteiger charge is 2.17. The van der Waals surface area contributed by atoms with Crippen LogP contribution in [0.1, 0.15) is 36.4 Å². The third-order valence-corrected chi connectivity index (χ3v) is 3.84. The summed E-state index contributed by atoms with van der Waals surface area (Å²) in [6.07, 6.45) is 2.14. The van der Waals surface area contributed by atoms with Crippen molar-refractivity contribution >= 4 is 29.9 Å². The molecule has 0 bridgehead atoms. The molecule has 0 spiro atoms. The fourth-order valence-electron chi connectivity index (χ4n) is 1.42. The molecule has 84 valence electrons. The monoisotopic (exact) mass is 243 g/mol. The Labute approximate surface area is 101 Å². The van der Waals surface area contributed by atoms with Crippen molar-refractivity contribution in [1.82, 2.24) is 4.90 Å². The van der Waals surface area contributed by atoms with E-state index >= 15 is 0 Å². The van der Waals surface area contributed by atoms with Crippen molar-refractivity contribution in [2.24, 2.45) is 0 Å². The van der Waals surface area contributed by atoms with Crippen LogP contribution in [0.15, 0.2) is 16.3 Å². The molecule has 1 amide bonds. The topological polar surface area (TPSA) is 20.3 Å². The smallest absolute Gasteiger partial charge is 0.263 e. The Morgan fingerprint density at radius 3 is 2.80 bits per heavy atom. The molecular formula is C11H17NOS2. The molecule has 0 aromatic carbocycles. The Kier molecular flexibility index (Phi) is 4.67. The predicted molar refractivity (Wildman–Crippen MR) is 68.0 cm³/mol. The van der Waals surface area contributed by atoms with Crippen molar-refractivity contribution in [1.29, 1.82) is 0 Å². The van der Waals surface area contributed by atoms with E-state index in [4.69, 9.17) is 0 Å². The van der Waals surface area contributed by atoms with Crippen molar-refractivity contribution in [3.8, 4) is 0 Å². The molecule has 1 atom stereocenters. The lowest BCUT2D eigenvalue weighted by Gasteiger charge is -2.23. The highest BCUT2D eigenvalue weighted by molar-refractivity contribution is 7.80. The molecule has 4 heteroatoms. The van der Waals surface area contributed by atoms with Crippen LogP contribution in [0, 0.1) is 0 Å². The summed E-state index contributed by atoms with van der Waals surface area (Å²) in [5.41, 5.74) is 0. The Morgan fingerprint density at radius 2 is 2.33 bits per heavy atom. The van der Waals surface area contributed by atoms with Crippen LogP contribution >= 0.6 is 24.0 Å². The van der Waals surface area contributed by atoms with Gasteiger partial charge in [-0.15, -0.1) is 24.0 Å². The lowest BCUT2D eigenvalue weighted by molar-refractivity contribution is 0.0741. The van der Waals surface area contributed by atoms with Gasteiger partial charge in [0.25, 0.3) is 5.91 Å². The van der Waals surface area contributed by atoms with Crippen molar-refractivity contribution in [2.45, 2.75) is 37.6 Å². The normalized spacial score (nSPS) is 12.5. The Bertz CT molecular complexity index is 335.